The van der Waals surface area contributed by atoms with Crippen molar-refractivity contribution in [3.8, 4) is 45.0 Å². The van der Waals surface area contributed by atoms with E-state index in [1.807, 2.05) is 6.07 Å². The summed E-state index contributed by atoms with van der Waals surface area (Å²) < 4.78 is 0. The molecule has 2 heteroatoms. The highest BCUT2D eigenvalue weighted by Gasteiger charge is 2.47. The van der Waals surface area contributed by atoms with E-state index in [1.165, 1.54) is 65.7 Å². The molecule has 10 aromatic rings. The molecule has 0 saturated heterocycles. The topological polar surface area (TPSA) is 25.8 Å². The van der Waals surface area contributed by atoms with Gasteiger partial charge in [-0.05, 0) is 83.9 Å². The maximum absolute atomic E-state index is 5.45. The van der Waals surface area contributed by atoms with Crippen molar-refractivity contribution in [2.45, 2.75) is 5.41 Å². The summed E-state index contributed by atoms with van der Waals surface area (Å²) in [6.45, 7) is 0. The highest BCUT2D eigenvalue weighted by molar-refractivity contribution is 6.15. The van der Waals surface area contributed by atoms with E-state index in [-0.39, 0.29) is 0 Å². The Bertz CT molecular complexity index is 3040. The third-order valence-corrected chi connectivity index (χ3v) is 11.5. The largest absolute Gasteiger partial charge is 0.228 e. The zero-order valence-electron chi connectivity index (χ0n) is 30.0. The molecule has 1 aliphatic carbocycles. The summed E-state index contributed by atoms with van der Waals surface area (Å²) in [5, 5.41) is 7.34. The lowest BCUT2D eigenvalue weighted by Gasteiger charge is -2.35. The van der Waals surface area contributed by atoms with Crippen molar-refractivity contribution in [1.82, 2.24) is 9.97 Å². The van der Waals surface area contributed by atoms with E-state index in [1.54, 1.807) is 0 Å². The SMILES string of the molecule is c1ccc(-c2nc(-c3cccc4c3C(c3ccccc3)(c3ccccc3)c3ccccc3-4)cc(-c3cccc4c3ccc3cc5ccccc5cc34)n2)cc1. The zero-order valence-corrected chi connectivity index (χ0v) is 30.0. The number of rotatable bonds is 5. The molecule has 0 atom stereocenters. The van der Waals surface area contributed by atoms with Crippen LogP contribution in [-0.2, 0) is 5.41 Å². The first-order valence-corrected chi connectivity index (χ1v) is 18.9. The molecule has 256 valence electrons. The molecular formula is C53H34N2. The molecule has 0 aliphatic heterocycles. The van der Waals surface area contributed by atoms with Crippen LogP contribution in [-0.4, -0.2) is 9.97 Å². The Labute approximate surface area is 320 Å². The summed E-state index contributed by atoms with van der Waals surface area (Å²) in [7, 11) is 0. The van der Waals surface area contributed by atoms with E-state index in [0.717, 1.165) is 28.1 Å². The predicted octanol–water partition coefficient (Wildman–Crippen LogP) is 13.3. The summed E-state index contributed by atoms with van der Waals surface area (Å²) >= 11 is 0. The first-order valence-electron chi connectivity index (χ1n) is 18.9. The molecule has 0 bridgehead atoms. The second-order valence-corrected chi connectivity index (χ2v) is 14.5. The van der Waals surface area contributed by atoms with Gasteiger partial charge in [-0.3, -0.25) is 0 Å². The molecule has 0 saturated carbocycles. The van der Waals surface area contributed by atoms with E-state index < -0.39 is 5.41 Å². The van der Waals surface area contributed by atoms with Gasteiger partial charge in [0, 0.05) is 16.7 Å². The highest BCUT2D eigenvalue weighted by Crippen LogP contribution is 2.58. The lowest BCUT2D eigenvalue weighted by Crippen LogP contribution is -2.29. The molecule has 55 heavy (non-hydrogen) atoms. The molecular weight excluding hydrogens is 665 g/mol. The van der Waals surface area contributed by atoms with Gasteiger partial charge in [0.15, 0.2) is 5.82 Å². The van der Waals surface area contributed by atoms with Crippen LogP contribution in [0.5, 0.6) is 0 Å². The highest BCUT2D eigenvalue weighted by atomic mass is 14.9. The molecule has 0 spiro atoms. The fraction of sp³-hybridized carbons (Fsp3) is 0.0189. The van der Waals surface area contributed by atoms with Crippen LogP contribution in [0.1, 0.15) is 22.3 Å². The van der Waals surface area contributed by atoms with Gasteiger partial charge in [-0.25, -0.2) is 9.97 Å². The smallest absolute Gasteiger partial charge is 0.160 e. The Balaban J connectivity index is 1.21. The van der Waals surface area contributed by atoms with E-state index >= 15 is 0 Å². The first-order chi connectivity index (χ1) is 27.3. The average molecular weight is 699 g/mol. The lowest BCUT2D eigenvalue weighted by atomic mass is 9.66. The van der Waals surface area contributed by atoms with Gasteiger partial charge in [0.2, 0.25) is 0 Å². The lowest BCUT2D eigenvalue weighted by molar-refractivity contribution is 0.769. The minimum atomic E-state index is -0.565. The van der Waals surface area contributed by atoms with Crippen LogP contribution in [0.2, 0.25) is 0 Å². The van der Waals surface area contributed by atoms with Crippen molar-refractivity contribution in [2.75, 3.05) is 0 Å². The minimum Gasteiger partial charge on any atom is -0.228 e. The number of hydrogen-bond acceptors (Lipinski definition) is 2. The molecule has 9 aromatic carbocycles. The Hall–Kier alpha value is -7.16. The number of fused-ring (bicyclic) bond motifs is 7. The monoisotopic (exact) mass is 698 g/mol. The summed E-state index contributed by atoms with van der Waals surface area (Å²) in [4.78, 5) is 10.8. The summed E-state index contributed by atoms with van der Waals surface area (Å²) in [6, 6.07) is 74.6. The van der Waals surface area contributed by atoms with Crippen LogP contribution < -0.4 is 0 Å². The van der Waals surface area contributed by atoms with E-state index in [0.29, 0.717) is 5.82 Å². The maximum Gasteiger partial charge on any atom is 0.160 e. The molecule has 0 radical (unpaired) electrons. The van der Waals surface area contributed by atoms with Gasteiger partial charge in [-0.15, -0.1) is 0 Å². The second-order valence-electron chi connectivity index (χ2n) is 14.5. The third-order valence-electron chi connectivity index (χ3n) is 11.5. The average Bonchev–Trinajstić information content (AvgIpc) is 3.57. The molecule has 0 fully saturated rings. The van der Waals surface area contributed by atoms with Crippen LogP contribution in [0.4, 0.5) is 0 Å². The van der Waals surface area contributed by atoms with Gasteiger partial charge < -0.3 is 0 Å². The Morgan fingerprint density at radius 1 is 0.327 bits per heavy atom. The van der Waals surface area contributed by atoms with Crippen molar-refractivity contribution in [3.05, 3.63) is 229 Å². The van der Waals surface area contributed by atoms with E-state index in [4.69, 9.17) is 9.97 Å². The Morgan fingerprint density at radius 2 is 0.891 bits per heavy atom. The first kappa shape index (κ1) is 31.4. The molecule has 0 N–H and O–H groups in total. The quantitative estimate of drug-likeness (QED) is 0.132. The Morgan fingerprint density at radius 3 is 1.64 bits per heavy atom. The predicted molar refractivity (Wildman–Crippen MR) is 228 cm³/mol. The van der Waals surface area contributed by atoms with E-state index in [2.05, 4.69) is 200 Å². The van der Waals surface area contributed by atoms with Gasteiger partial charge in [0.05, 0.1) is 16.8 Å². The van der Waals surface area contributed by atoms with Gasteiger partial charge in [0.25, 0.3) is 0 Å². The zero-order chi connectivity index (χ0) is 36.3. The summed E-state index contributed by atoms with van der Waals surface area (Å²) in [5.74, 6) is 0.704. The van der Waals surface area contributed by atoms with Crippen molar-refractivity contribution < 1.29 is 0 Å². The molecule has 11 rings (SSSR count). The molecule has 2 nitrogen and oxygen atoms in total. The minimum absolute atomic E-state index is 0.565. The van der Waals surface area contributed by atoms with Crippen LogP contribution in [0, 0.1) is 0 Å². The third kappa shape index (κ3) is 4.82. The molecule has 1 heterocycles. The van der Waals surface area contributed by atoms with Gasteiger partial charge in [-0.2, -0.15) is 0 Å². The molecule has 1 aliphatic rings. The van der Waals surface area contributed by atoms with Gasteiger partial charge in [-0.1, -0.05) is 188 Å². The van der Waals surface area contributed by atoms with Crippen molar-refractivity contribution in [1.29, 1.82) is 0 Å². The molecule has 0 unspecified atom stereocenters. The normalized spacial score (nSPS) is 12.9. The molecule has 0 amide bonds. The van der Waals surface area contributed by atoms with Crippen LogP contribution in [0.15, 0.2) is 206 Å². The summed E-state index contributed by atoms with van der Waals surface area (Å²) in [6.07, 6.45) is 0. The Kier molecular flexibility index (Phi) is 7.11. The molecule has 1 aromatic heterocycles. The number of hydrogen-bond donors (Lipinski definition) is 0. The summed E-state index contributed by atoms with van der Waals surface area (Å²) in [5.41, 5.74) is 11.8. The van der Waals surface area contributed by atoms with Crippen molar-refractivity contribution >= 4 is 32.3 Å². The maximum atomic E-state index is 5.45. The van der Waals surface area contributed by atoms with E-state index in [9.17, 15) is 0 Å². The fourth-order valence-electron chi connectivity index (χ4n) is 9.16. The van der Waals surface area contributed by atoms with Crippen molar-refractivity contribution in [3.63, 3.8) is 0 Å². The van der Waals surface area contributed by atoms with Crippen LogP contribution >= 0.6 is 0 Å². The number of nitrogens with zero attached hydrogens (tertiary/aromatic N) is 2. The van der Waals surface area contributed by atoms with Gasteiger partial charge >= 0.3 is 0 Å². The standard InChI is InChI=1S/C53H34N2/c1-4-16-35(17-5-1)52-54-49(44-26-14-25-41-42(44)31-30-38-32-36-18-10-11-19-37(36)33-47(38)41)34-50(55-52)46-28-15-27-45-43-24-12-13-29-48(43)53(51(45)46,39-20-6-2-7-21-39)40-22-8-3-9-23-40/h1-34H. The van der Waals surface area contributed by atoms with Crippen LogP contribution in [0.3, 0.4) is 0 Å². The van der Waals surface area contributed by atoms with Gasteiger partial charge in [0.1, 0.15) is 0 Å². The second kappa shape index (κ2) is 12.5. The number of aromatic nitrogens is 2. The van der Waals surface area contributed by atoms with Crippen molar-refractivity contribution in [2.24, 2.45) is 0 Å². The van der Waals surface area contributed by atoms with Crippen LogP contribution in [0.25, 0.3) is 77.3 Å². The number of benzene rings is 9. The fourth-order valence-corrected chi connectivity index (χ4v) is 9.16.